The predicted molar refractivity (Wildman–Crippen MR) is 65.3 cm³/mol. The maximum absolute atomic E-state index is 6.16. The number of nitrogens with one attached hydrogen (secondary N) is 2. The molecule has 1 spiro atoms. The van der Waals surface area contributed by atoms with E-state index in [0.29, 0.717) is 5.38 Å². The van der Waals surface area contributed by atoms with Crippen LogP contribution in [-0.4, -0.2) is 22.1 Å². The van der Waals surface area contributed by atoms with Crippen molar-refractivity contribution in [3.05, 3.63) is 0 Å². The summed E-state index contributed by atoms with van der Waals surface area (Å²) in [6.07, 6.45) is 4.53. The summed E-state index contributed by atoms with van der Waals surface area (Å²) >= 11 is 6.16. The molecule has 0 atom stereocenters. The van der Waals surface area contributed by atoms with Crippen LogP contribution in [-0.2, 0) is 0 Å². The Balaban J connectivity index is 2.14. The van der Waals surface area contributed by atoms with Crippen LogP contribution in [0.15, 0.2) is 0 Å². The van der Waals surface area contributed by atoms with Crippen LogP contribution in [0.25, 0.3) is 0 Å². The van der Waals surface area contributed by atoms with Gasteiger partial charge in [0, 0.05) is 16.5 Å². The van der Waals surface area contributed by atoms with Crippen molar-refractivity contribution in [3.8, 4) is 0 Å². The molecule has 0 aromatic heterocycles. The van der Waals surface area contributed by atoms with Gasteiger partial charge in [-0.1, -0.05) is 0 Å². The van der Waals surface area contributed by atoms with Crippen LogP contribution < -0.4 is 10.6 Å². The lowest BCUT2D eigenvalue weighted by Gasteiger charge is -2.37. The molecule has 3 heteroatoms. The third-order valence-corrected chi connectivity index (χ3v) is 4.87. The molecule has 1 aliphatic heterocycles. The lowest BCUT2D eigenvalue weighted by Crippen LogP contribution is -2.54. The summed E-state index contributed by atoms with van der Waals surface area (Å²) in [5.74, 6) is 0. The van der Waals surface area contributed by atoms with Gasteiger partial charge in [-0.05, 0) is 53.4 Å². The van der Waals surface area contributed by atoms with Gasteiger partial charge in [0.05, 0.1) is 5.66 Å². The van der Waals surface area contributed by atoms with E-state index in [1.807, 2.05) is 0 Å². The highest BCUT2D eigenvalue weighted by atomic mass is 35.5. The molecule has 1 heterocycles. The van der Waals surface area contributed by atoms with Crippen LogP contribution in [0.1, 0.15) is 53.4 Å². The first-order valence-electron chi connectivity index (χ1n) is 5.99. The van der Waals surface area contributed by atoms with Crippen molar-refractivity contribution in [1.82, 2.24) is 10.6 Å². The summed E-state index contributed by atoms with van der Waals surface area (Å²) in [6, 6.07) is 0. The smallest absolute Gasteiger partial charge is 0.0697 e. The van der Waals surface area contributed by atoms with Gasteiger partial charge in [0.25, 0.3) is 0 Å². The van der Waals surface area contributed by atoms with Crippen molar-refractivity contribution in [2.75, 3.05) is 0 Å². The molecular formula is C12H23ClN2. The quantitative estimate of drug-likeness (QED) is 0.626. The van der Waals surface area contributed by atoms with Crippen LogP contribution >= 0.6 is 11.6 Å². The molecular weight excluding hydrogens is 208 g/mol. The van der Waals surface area contributed by atoms with Crippen molar-refractivity contribution in [2.24, 2.45) is 0 Å². The molecule has 2 nitrogen and oxygen atoms in total. The highest BCUT2D eigenvalue weighted by Gasteiger charge is 2.53. The largest absolute Gasteiger partial charge is 0.292 e. The zero-order valence-electron chi connectivity index (χ0n) is 10.3. The van der Waals surface area contributed by atoms with E-state index < -0.39 is 0 Å². The Kier molecular flexibility index (Phi) is 2.61. The van der Waals surface area contributed by atoms with E-state index in [2.05, 4.69) is 38.3 Å². The molecule has 2 aliphatic rings. The van der Waals surface area contributed by atoms with Crippen LogP contribution in [0.5, 0.6) is 0 Å². The van der Waals surface area contributed by atoms with Crippen molar-refractivity contribution in [1.29, 1.82) is 0 Å². The molecule has 2 rings (SSSR count). The van der Waals surface area contributed by atoms with Crippen LogP contribution in [0.2, 0.25) is 0 Å². The zero-order valence-corrected chi connectivity index (χ0v) is 11.0. The Hall–Kier alpha value is 0.210. The molecule has 2 fully saturated rings. The molecule has 0 bridgehead atoms. The SMILES string of the molecule is CC1(C)NC2(CCC(Cl)CC2)NC1(C)C. The van der Waals surface area contributed by atoms with E-state index in [4.69, 9.17) is 11.6 Å². The molecule has 0 aromatic rings. The average molecular weight is 231 g/mol. The summed E-state index contributed by atoms with van der Waals surface area (Å²) in [4.78, 5) is 0. The van der Waals surface area contributed by atoms with Gasteiger partial charge in [-0.25, -0.2) is 0 Å². The van der Waals surface area contributed by atoms with E-state index in [0.717, 1.165) is 25.7 Å². The van der Waals surface area contributed by atoms with E-state index in [1.165, 1.54) is 0 Å². The zero-order chi connectivity index (χ0) is 11.3. The van der Waals surface area contributed by atoms with Gasteiger partial charge in [-0.15, -0.1) is 11.6 Å². The maximum Gasteiger partial charge on any atom is 0.0697 e. The van der Waals surface area contributed by atoms with Gasteiger partial charge in [-0.2, -0.15) is 0 Å². The fourth-order valence-corrected chi connectivity index (χ4v) is 3.08. The Bertz CT molecular complexity index is 234. The molecule has 0 unspecified atom stereocenters. The molecule has 1 aliphatic carbocycles. The third-order valence-electron chi connectivity index (χ3n) is 4.43. The summed E-state index contributed by atoms with van der Waals surface area (Å²) in [7, 11) is 0. The van der Waals surface area contributed by atoms with Crippen molar-refractivity contribution >= 4 is 11.6 Å². The molecule has 0 amide bonds. The van der Waals surface area contributed by atoms with Gasteiger partial charge in [0.15, 0.2) is 0 Å². The second-order valence-electron chi connectivity index (χ2n) is 6.26. The second-order valence-corrected chi connectivity index (χ2v) is 6.87. The monoisotopic (exact) mass is 230 g/mol. The predicted octanol–water partition coefficient (Wildman–Crippen LogP) is 2.61. The first-order valence-corrected chi connectivity index (χ1v) is 6.43. The molecule has 1 saturated heterocycles. The molecule has 2 N–H and O–H groups in total. The van der Waals surface area contributed by atoms with E-state index >= 15 is 0 Å². The van der Waals surface area contributed by atoms with Crippen LogP contribution in [0, 0.1) is 0 Å². The van der Waals surface area contributed by atoms with Gasteiger partial charge in [0.1, 0.15) is 0 Å². The number of rotatable bonds is 0. The van der Waals surface area contributed by atoms with Crippen LogP contribution in [0.4, 0.5) is 0 Å². The first-order chi connectivity index (χ1) is 6.77. The highest BCUT2D eigenvalue weighted by molar-refractivity contribution is 6.20. The summed E-state index contributed by atoms with van der Waals surface area (Å²) < 4.78 is 0. The fraction of sp³-hybridized carbons (Fsp3) is 1.00. The van der Waals surface area contributed by atoms with Crippen molar-refractivity contribution < 1.29 is 0 Å². The van der Waals surface area contributed by atoms with E-state index in [1.54, 1.807) is 0 Å². The maximum atomic E-state index is 6.16. The minimum absolute atomic E-state index is 0.137. The topological polar surface area (TPSA) is 24.1 Å². The third kappa shape index (κ3) is 1.92. The molecule has 15 heavy (non-hydrogen) atoms. The minimum Gasteiger partial charge on any atom is -0.292 e. The van der Waals surface area contributed by atoms with Crippen molar-refractivity contribution in [2.45, 2.75) is 75.5 Å². The Morgan fingerprint density at radius 3 is 1.73 bits per heavy atom. The summed E-state index contributed by atoms with van der Waals surface area (Å²) in [5, 5.41) is 7.95. The molecule has 0 aromatic carbocycles. The Morgan fingerprint density at radius 2 is 1.33 bits per heavy atom. The van der Waals surface area contributed by atoms with E-state index in [9.17, 15) is 0 Å². The van der Waals surface area contributed by atoms with Gasteiger partial charge < -0.3 is 0 Å². The summed E-state index contributed by atoms with van der Waals surface area (Å²) in [5.41, 5.74) is 0.427. The molecule has 1 saturated carbocycles. The summed E-state index contributed by atoms with van der Waals surface area (Å²) in [6.45, 7) is 9.12. The standard InChI is InChI=1S/C12H23ClN2/c1-10(2)11(3,4)15-12(14-10)7-5-9(13)6-8-12/h9,14-15H,5-8H2,1-4H3. The number of halogens is 1. The normalized spacial score (nSPS) is 33.4. The number of hydrogen-bond acceptors (Lipinski definition) is 2. The lowest BCUT2D eigenvalue weighted by molar-refractivity contribution is 0.214. The second kappa shape index (κ2) is 3.35. The fourth-order valence-electron chi connectivity index (χ4n) is 2.87. The Morgan fingerprint density at radius 1 is 0.933 bits per heavy atom. The van der Waals surface area contributed by atoms with E-state index in [-0.39, 0.29) is 16.7 Å². The van der Waals surface area contributed by atoms with Gasteiger partial charge in [-0.3, -0.25) is 10.6 Å². The minimum atomic E-state index is 0.137. The van der Waals surface area contributed by atoms with Gasteiger partial charge in [0.2, 0.25) is 0 Å². The highest BCUT2D eigenvalue weighted by Crippen LogP contribution is 2.40. The average Bonchev–Trinajstić information content (AvgIpc) is 2.25. The number of hydrogen-bond donors (Lipinski definition) is 2. The lowest BCUT2D eigenvalue weighted by atomic mass is 9.85. The van der Waals surface area contributed by atoms with Gasteiger partial charge >= 0.3 is 0 Å². The number of alkyl halides is 1. The first kappa shape index (κ1) is 11.7. The molecule has 88 valence electrons. The van der Waals surface area contributed by atoms with Crippen molar-refractivity contribution in [3.63, 3.8) is 0 Å². The Labute approximate surface area is 98.1 Å². The van der Waals surface area contributed by atoms with Crippen LogP contribution in [0.3, 0.4) is 0 Å². The molecule has 0 radical (unpaired) electrons.